The second-order valence-corrected chi connectivity index (χ2v) is 5.43. The number of alkyl halides is 2. The summed E-state index contributed by atoms with van der Waals surface area (Å²) in [5, 5.41) is 0.485. The van der Waals surface area contributed by atoms with Crippen LogP contribution in [0.4, 0.5) is 14.6 Å². The molecule has 1 aromatic heterocycles. The zero-order valence-corrected chi connectivity index (χ0v) is 12.3. The molecule has 1 aliphatic heterocycles. The molecular formula is C15H18F2N4O. The van der Waals surface area contributed by atoms with Crippen LogP contribution in [0.15, 0.2) is 24.5 Å². The van der Waals surface area contributed by atoms with Crippen molar-refractivity contribution < 1.29 is 13.5 Å². The predicted octanol–water partition coefficient (Wildman–Crippen LogP) is 2.32. The normalized spacial score (nSPS) is 21.9. The number of ether oxygens (including phenoxy) is 1. The summed E-state index contributed by atoms with van der Waals surface area (Å²) in [5.41, 5.74) is 6.43. The molecule has 1 saturated heterocycles. The molecule has 0 amide bonds. The topological polar surface area (TPSA) is 64.3 Å². The number of benzene rings is 1. The van der Waals surface area contributed by atoms with Crippen molar-refractivity contribution >= 4 is 16.7 Å². The highest BCUT2D eigenvalue weighted by Gasteiger charge is 2.46. The Morgan fingerprint density at radius 1 is 1.41 bits per heavy atom. The first-order chi connectivity index (χ1) is 10.5. The molecule has 1 aromatic carbocycles. The Kier molecular flexibility index (Phi) is 3.82. The molecule has 5 nitrogen and oxygen atoms in total. The number of rotatable bonds is 3. The molecule has 2 N–H and O–H groups in total. The monoisotopic (exact) mass is 308 g/mol. The van der Waals surface area contributed by atoms with Crippen LogP contribution in [0.25, 0.3) is 10.9 Å². The Bertz CT molecular complexity index is 674. The Hall–Kier alpha value is -2.02. The molecule has 2 heterocycles. The number of fused-ring (bicyclic) bond motifs is 1. The predicted molar refractivity (Wildman–Crippen MR) is 80.0 cm³/mol. The molecule has 2 aromatic rings. The molecule has 0 spiro atoms. The highest BCUT2D eigenvalue weighted by Crippen LogP contribution is 2.34. The van der Waals surface area contributed by atoms with E-state index in [0.29, 0.717) is 29.7 Å². The number of nitrogen functional groups attached to an aromatic ring is 1. The molecule has 1 atom stereocenters. The summed E-state index contributed by atoms with van der Waals surface area (Å²) in [6.07, 6.45) is 0.446. The van der Waals surface area contributed by atoms with E-state index in [9.17, 15) is 8.78 Å². The fourth-order valence-corrected chi connectivity index (χ4v) is 2.76. The largest absolute Gasteiger partial charge is 0.483 e. The molecule has 0 saturated carbocycles. The lowest BCUT2D eigenvalue weighted by molar-refractivity contribution is -0.138. The molecule has 7 heteroatoms. The average molecular weight is 308 g/mol. The smallest absolute Gasteiger partial charge is 0.296 e. The number of nitrogens with two attached hydrogens (primary N) is 1. The molecule has 118 valence electrons. The number of hydrogen-bond acceptors (Lipinski definition) is 5. The summed E-state index contributed by atoms with van der Waals surface area (Å²) in [4.78, 5) is 9.73. The Labute approximate surface area is 127 Å². The molecule has 0 aliphatic carbocycles. The lowest BCUT2D eigenvalue weighted by atomic mass is 10.0. The maximum absolute atomic E-state index is 14.3. The van der Waals surface area contributed by atoms with Gasteiger partial charge in [-0.3, -0.25) is 4.90 Å². The first-order valence-electron chi connectivity index (χ1n) is 7.27. The molecule has 1 fully saturated rings. The Morgan fingerprint density at radius 3 is 2.95 bits per heavy atom. The van der Waals surface area contributed by atoms with E-state index in [4.69, 9.17) is 10.5 Å². The molecule has 1 aliphatic rings. The SMILES string of the molecule is CCN1CCC(Oc2cccc3ncnc(N)c23)C(F)(F)C1. The quantitative estimate of drug-likeness (QED) is 0.942. The van der Waals surface area contributed by atoms with Gasteiger partial charge in [0.15, 0.2) is 6.10 Å². The third kappa shape index (κ3) is 2.68. The van der Waals surface area contributed by atoms with E-state index in [-0.39, 0.29) is 18.8 Å². The van der Waals surface area contributed by atoms with Gasteiger partial charge in [0.2, 0.25) is 0 Å². The second-order valence-electron chi connectivity index (χ2n) is 5.43. The standard InChI is InChI=1S/C15H18F2N4O/c1-2-21-7-6-12(15(16,17)8-21)22-11-5-3-4-10-13(11)14(18)20-9-19-10/h3-5,9,12H,2,6-8H2,1H3,(H2,18,19,20). The summed E-state index contributed by atoms with van der Waals surface area (Å²) in [7, 11) is 0. The maximum Gasteiger partial charge on any atom is 0.296 e. The fraction of sp³-hybridized carbons (Fsp3) is 0.467. The van der Waals surface area contributed by atoms with E-state index in [1.165, 1.54) is 6.33 Å². The van der Waals surface area contributed by atoms with Gasteiger partial charge in [-0.2, -0.15) is 0 Å². The van der Waals surface area contributed by atoms with Crippen LogP contribution in [0.2, 0.25) is 0 Å². The van der Waals surface area contributed by atoms with Crippen molar-refractivity contribution in [1.82, 2.24) is 14.9 Å². The van der Waals surface area contributed by atoms with Gasteiger partial charge in [-0.15, -0.1) is 0 Å². The Balaban J connectivity index is 1.91. The van der Waals surface area contributed by atoms with Gasteiger partial charge >= 0.3 is 0 Å². The van der Waals surface area contributed by atoms with Crippen LogP contribution in [-0.4, -0.2) is 46.5 Å². The van der Waals surface area contributed by atoms with Crippen molar-refractivity contribution in [3.05, 3.63) is 24.5 Å². The fourth-order valence-electron chi connectivity index (χ4n) is 2.76. The van der Waals surface area contributed by atoms with Gasteiger partial charge < -0.3 is 10.5 Å². The van der Waals surface area contributed by atoms with E-state index >= 15 is 0 Å². The van der Waals surface area contributed by atoms with E-state index in [2.05, 4.69) is 9.97 Å². The summed E-state index contributed by atoms with van der Waals surface area (Å²) < 4.78 is 34.1. The number of nitrogens with zero attached hydrogens (tertiary/aromatic N) is 3. The number of aromatic nitrogens is 2. The third-order valence-corrected chi connectivity index (χ3v) is 3.98. The van der Waals surface area contributed by atoms with Gasteiger partial charge in [0, 0.05) is 13.0 Å². The minimum absolute atomic E-state index is 0.231. The van der Waals surface area contributed by atoms with Gasteiger partial charge in [-0.1, -0.05) is 13.0 Å². The van der Waals surface area contributed by atoms with E-state index in [1.54, 1.807) is 23.1 Å². The van der Waals surface area contributed by atoms with E-state index in [1.807, 2.05) is 6.92 Å². The van der Waals surface area contributed by atoms with Crippen LogP contribution >= 0.6 is 0 Å². The van der Waals surface area contributed by atoms with Crippen LogP contribution in [0, 0.1) is 0 Å². The Morgan fingerprint density at radius 2 is 2.23 bits per heavy atom. The van der Waals surface area contributed by atoms with Crippen molar-refractivity contribution in [1.29, 1.82) is 0 Å². The van der Waals surface area contributed by atoms with Crippen LogP contribution in [0.5, 0.6) is 5.75 Å². The number of anilines is 1. The summed E-state index contributed by atoms with van der Waals surface area (Å²) in [6, 6.07) is 5.09. The lowest BCUT2D eigenvalue weighted by Crippen LogP contribution is -2.53. The summed E-state index contributed by atoms with van der Waals surface area (Å²) in [6.45, 7) is 2.79. The third-order valence-electron chi connectivity index (χ3n) is 3.98. The van der Waals surface area contributed by atoms with Gasteiger partial charge in [0.25, 0.3) is 5.92 Å². The average Bonchev–Trinajstić information content (AvgIpc) is 2.49. The van der Waals surface area contributed by atoms with Gasteiger partial charge in [0.1, 0.15) is 17.9 Å². The van der Waals surface area contributed by atoms with Crippen LogP contribution in [0.3, 0.4) is 0 Å². The highest BCUT2D eigenvalue weighted by molar-refractivity contribution is 5.93. The zero-order chi connectivity index (χ0) is 15.7. The van der Waals surface area contributed by atoms with Crippen molar-refractivity contribution in [3.8, 4) is 5.75 Å². The molecule has 0 radical (unpaired) electrons. The molecule has 1 unspecified atom stereocenters. The second kappa shape index (κ2) is 5.64. The van der Waals surface area contributed by atoms with Crippen molar-refractivity contribution in [2.45, 2.75) is 25.4 Å². The van der Waals surface area contributed by atoms with Crippen molar-refractivity contribution in [2.75, 3.05) is 25.4 Å². The van der Waals surface area contributed by atoms with E-state index < -0.39 is 12.0 Å². The number of halogens is 2. The van der Waals surface area contributed by atoms with Gasteiger partial charge in [-0.25, -0.2) is 18.7 Å². The molecule has 0 bridgehead atoms. The van der Waals surface area contributed by atoms with Crippen molar-refractivity contribution in [2.24, 2.45) is 0 Å². The van der Waals surface area contributed by atoms with Crippen LogP contribution in [0.1, 0.15) is 13.3 Å². The maximum atomic E-state index is 14.3. The first-order valence-corrected chi connectivity index (χ1v) is 7.27. The minimum atomic E-state index is -2.90. The molecule has 22 heavy (non-hydrogen) atoms. The highest BCUT2D eigenvalue weighted by atomic mass is 19.3. The summed E-state index contributed by atoms with van der Waals surface area (Å²) in [5.74, 6) is -2.36. The summed E-state index contributed by atoms with van der Waals surface area (Å²) >= 11 is 0. The minimum Gasteiger partial charge on any atom is -0.483 e. The number of hydrogen-bond donors (Lipinski definition) is 1. The molecule has 3 rings (SSSR count). The molecular weight excluding hydrogens is 290 g/mol. The van der Waals surface area contributed by atoms with Crippen LogP contribution in [-0.2, 0) is 0 Å². The van der Waals surface area contributed by atoms with E-state index in [0.717, 1.165) is 0 Å². The van der Waals surface area contributed by atoms with Crippen molar-refractivity contribution in [3.63, 3.8) is 0 Å². The lowest BCUT2D eigenvalue weighted by Gasteiger charge is -2.37. The number of piperidine rings is 1. The van der Waals surface area contributed by atoms with Crippen LogP contribution < -0.4 is 10.5 Å². The zero-order valence-electron chi connectivity index (χ0n) is 12.3. The first kappa shape index (κ1) is 14.9. The number of likely N-dealkylation sites (tertiary alicyclic amines) is 1. The van der Waals surface area contributed by atoms with Gasteiger partial charge in [0.05, 0.1) is 17.4 Å². The van der Waals surface area contributed by atoms with Gasteiger partial charge in [-0.05, 0) is 18.7 Å².